The third-order valence-corrected chi connectivity index (χ3v) is 6.00. The minimum atomic E-state index is -3.92. The summed E-state index contributed by atoms with van der Waals surface area (Å²) in [5.74, 6) is 0.867. The second-order valence-electron chi connectivity index (χ2n) is 6.32. The first-order valence-electron chi connectivity index (χ1n) is 8.64. The number of sulfonamides is 1. The number of amides is 1. The Morgan fingerprint density at radius 1 is 1.24 bits per heavy atom. The molecule has 2 aromatic carbocycles. The van der Waals surface area contributed by atoms with Gasteiger partial charge in [-0.25, -0.2) is 13.8 Å². The lowest BCUT2D eigenvalue weighted by Gasteiger charge is -2.18. The normalized spacial score (nSPS) is 13.1. The maximum absolute atomic E-state index is 12.8. The first-order chi connectivity index (χ1) is 13.8. The molecule has 0 saturated carbocycles. The van der Waals surface area contributed by atoms with Crippen molar-refractivity contribution in [1.82, 2.24) is 9.73 Å². The maximum atomic E-state index is 12.8. The Bertz CT molecular complexity index is 1050. The van der Waals surface area contributed by atoms with Gasteiger partial charge in [-0.3, -0.25) is 4.79 Å². The Morgan fingerprint density at radius 3 is 2.76 bits per heavy atom. The number of hydrazone groups is 1. The third kappa shape index (κ3) is 4.66. The molecule has 0 atom stereocenters. The standard InChI is InChI=1S/C19H21N3O6S/c1-13-4-6-16(26-3)18(8-13)29(24,25)22(2)11-19(23)21-20-10-14-5-7-15-17(9-14)28-12-27-15/h4-10H,11-12H2,1-3H3,(H,21,23). The molecule has 9 nitrogen and oxygen atoms in total. The molecule has 0 unspecified atom stereocenters. The number of likely N-dealkylation sites (N-methyl/N-ethyl adjacent to an activating group) is 1. The minimum absolute atomic E-state index is 0.000777. The van der Waals surface area contributed by atoms with E-state index < -0.39 is 22.5 Å². The molecule has 0 saturated heterocycles. The predicted molar refractivity (Wildman–Crippen MR) is 106 cm³/mol. The van der Waals surface area contributed by atoms with Crippen molar-refractivity contribution in [2.75, 3.05) is 27.5 Å². The number of hydrogen-bond donors (Lipinski definition) is 1. The molecule has 0 fully saturated rings. The average Bonchev–Trinajstić information content (AvgIpc) is 3.15. The van der Waals surface area contributed by atoms with Crippen LogP contribution in [0.2, 0.25) is 0 Å². The van der Waals surface area contributed by atoms with E-state index in [0.29, 0.717) is 17.1 Å². The lowest BCUT2D eigenvalue weighted by atomic mass is 10.2. The largest absolute Gasteiger partial charge is 0.495 e. The zero-order valence-electron chi connectivity index (χ0n) is 16.2. The predicted octanol–water partition coefficient (Wildman–Crippen LogP) is 1.50. The zero-order valence-corrected chi connectivity index (χ0v) is 17.0. The molecule has 1 aliphatic rings. The van der Waals surface area contributed by atoms with Crippen molar-refractivity contribution in [3.63, 3.8) is 0 Å². The summed E-state index contributed by atoms with van der Waals surface area (Å²) < 4.78 is 42.2. The van der Waals surface area contributed by atoms with E-state index in [1.165, 1.54) is 26.4 Å². The van der Waals surface area contributed by atoms with E-state index in [2.05, 4.69) is 10.5 Å². The van der Waals surface area contributed by atoms with Gasteiger partial charge in [0.1, 0.15) is 10.6 Å². The van der Waals surface area contributed by atoms with Crippen LogP contribution in [0.5, 0.6) is 17.2 Å². The van der Waals surface area contributed by atoms with Crippen molar-refractivity contribution in [3.05, 3.63) is 47.5 Å². The van der Waals surface area contributed by atoms with Gasteiger partial charge in [0.25, 0.3) is 5.91 Å². The van der Waals surface area contributed by atoms with Gasteiger partial charge in [-0.05, 0) is 48.4 Å². The van der Waals surface area contributed by atoms with Gasteiger partial charge in [0.15, 0.2) is 11.5 Å². The molecule has 1 aliphatic heterocycles. The lowest BCUT2D eigenvalue weighted by molar-refractivity contribution is -0.121. The molecule has 0 bridgehead atoms. The fraction of sp³-hybridized carbons (Fsp3) is 0.263. The van der Waals surface area contributed by atoms with Crippen molar-refractivity contribution < 1.29 is 27.4 Å². The second-order valence-corrected chi connectivity index (χ2v) is 8.33. The highest BCUT2D eigenvalue weighted by atomic mass is 32.2. The number of nitrogens with one attached hydrogen (secondary N) is 1. The number of hydrogen-bond acceptors (Lipinski definition) is 7. The van der Waals surface area contributed by atoms with Gasteiger partial charge in [0, 0.05) is 7.05 Å². The van der Waals surface area contributed by atoms with Crippen LogP contribution in [0.4, 0.5) is 0 Å². The van der Waals surface area contributed by atoms with Crippen LogP contribution in [0.15, 0.2) is 46.4 Å². The number of fused-ring (bicyclic) bond motifs is 1. The van der Waals surface area contributed by atoms with Crippen LogP contribution in [0.1, 0.15) is 11.1 Å². The van der Waals surface area contributed by atoms with Gasteiger partial charge >= 0.3 is 0 Å². The number of carbonyl (C=O) groups excluding carboxylic acids is 1. The third-order valence-electron chi connectivity index (χ3n) is 4.17. The molecular formula is C19H21N3O6S. The summed E-state index contributed by atoms with van der Waals surface area (Å²) in [7, 11) is -1.21. The first kappa shape index (κ1) is 20.6. The second kappa shape index (κ2) is 8.50. The van der Waals surface area contributed by atoms with Crippen LogP contribution in [0, 0.1) is 6.92 Å². The Morgan fingerprint density at radius 2 is 2.00 bits per heavy atom. The van der Waals surface area contributed by atoms with Crippen molar-refractivity contribution in [2.45, 2.75) is 11.8 Å². The average molecular weight is 419 g/mol. The van der Waals surface area contributed by atoms with E-state index >= 15 is 0 Å². The van der Waals surface area contributed by atoms with E-state index in [9.17, 15) is 13.2 Å². The number of benzene rings is 2. The fourth-order valence-electron chi connectivity index (χ4n) is 2.65. The number of rotatable bonds is 7. The summed E-state index contributed by atoms with van der Waals surface area (Å²) in [6, 6.07) is 10.0. The Labute approximate surface area is 168 Å². The molecular weight excluding hydrogens is 398 g/mol. The Kier molecular flexibility index (Phi) is 6.04. The van der Waals surface area contributed by atoms with Gasteiger partial charge < -0.3 is 14.2 Å². The molecule has 29 heavy (non-hydrogen) atoms. The summed E-state index contributed by atoms with van der Waals surface area (Å²) in [5.41, 5.74) is 3.77. The van der Waals surface area contributed by atoms with Gasteiger partial charge in [-0.15, -0.1) is 0 Å². The van der Waals surface area contributed by atoms with Crippen LogP contribution >= 0.6 is 0 Å². The minimum Gasteiger partial charge on any atom is -0.495 e. The van der Waals surface area contributed by atoms with Crippen molar-refractivity contribution in [2.24, 2.45) is 5.10 Å². The maximum Gasteiger partial charge on any atom is 0.255 e. The summed E-state index contributed by atoms with van der Waals surface area (Å²) >= 11 is 0. The summed E-state index contributed by atoms with van der Waals surface area (Å²) in [6.07, 6.45) is 1.43. The molecule has 3 rings (SSSR count). The molecule has 1 heterocycles. The number of nitrogens with zero attached hydrogens (tertiary/aromatic N) is 2. The molecule has 154 valence electrons. The number of ether oxygens (including phenoxy) is 3. The van der Waals surface area contributed by atoms with E-state index in [-0.39, 0.29) is 17.4 Å². The van der Waals surface area contributed by atoms with Gasteiger partial charge in [0.05, 0.1) is 19.9 Å². The quantitative estimate of drug-likeness (QED) is 0.539. The molecule has 0 spiro atoms. The highest BCUT2D eigenvalue weighted by Gasteiger charge is 2.26. The van der Waals surface area contributed by atoms with Crippen LogP contribution in [0.25, 0.3) is 0 Å². The summed E-state index contributed by atoms with van der Waals surface area (Å²) in [6.45, 7) is 1.53. The first-order valence-corrected chi connectivity index (χ1v) is 10.1. The summed E-state index contributed by atoms with van der Waals surface area (Å²) in [5, 5.41) is 3.86. The molecule has 10 heteroatoms. The molecule has 1 N–H and O–H groups in total. The fourth-order valence-corrected chi connectivity index (χ4v) is 4.01. The van der Waals surface area contributed by atoms with Crippen LogP contribution in [-0.2, 0) is 14.8 Å². The van der Waals surface area contributed by atoms with Crippen LogP contribution in [0.3, 0.4) is 0 Å². The molecule has 0 radical (unpaired) electrons. The molecule has 1 amide bonds. The van der Waals surface area contributed by atoms with Crippen LogP contribution < -0.4 is 19.6 Å². The van der Waals surface area contributed by atoms with Gasteiger partial charge in [-0.1, -0.05) is 6.07 Å². The van der Waals surface area contributed by atoms with E-state index in [0.717, 1.165) is 9.87 Å². The zero-order chi connectivity index (χ0) is 21.0. The summed E-state index contributed by atoms with van der Waals surface area (Å²) in [4.78, 5) is 12.1. The van der Waals surface area contributed by atoms with E-state index in [1.807, 2.05) is 0 Å². The Balaban J connectivity index is 1.63. The van der Waals surface area contributed by atoms with Crippen LogP contribution in [-0.4, -0.2) is 52.3 Å². The van der Waals surface area contributed by atoms with Crippen molar-refractivity contribution >= 4 is 22.1 Å². The van der Waals surface area contributed by atoms with E-state index in [4.69, 9.17) is 14.2 Å². The van der Waals surface area contributed by atoms with Gasteiger partial charge in [0.2, 0.25) is 16.8 Å². The van der Waals surface area contributed by atoms with Crippen molar-refractivity contribution in [1.29, 1.82) is 0 Å². The molecule has 2 aromatic rings. The Hall–Kier alpha value is -3.11. The SMILES string of the molecule is COc1ccc(C)cc1S(=O)(=O)N(C)CC(=O)NN=Cc1ccc2c(c1)OCO2. The highest BCUT2D eigenvalue weighted by molar-refractivity contribution is 7.89. The number of aryl methyl sites for hydroxylation is 1. The monoisotopic (exact) mass is 419 g/mol. The molecule has 0 aromatic heterocycles. The number of methoxy groups -OCH3 is 1. The topological polar surface area (TPSA) is 107 Å². The van der Waals surface area contributed by atoms with Crippen molar-refractivity contribution in [3.8, 4) is 17.2 Å². The smallest absolute Gasteiger partial charge is 0.255 e. The van der Waals surface area contributed by atoms with Gasteiger partial charge in [-0.2, -0.15) is 9.41 Å². The lowest BCUT2D eigenvalue weighted by Crippen LogP contribution is -2.36. The highest BCUT2D eigenvalue weighted by Crippen LogP contribution is 2.32. The number of carbonyl (C=O) groups is 1. The molecule has 0 aliphatic carbocycles. The van der Waals surface area contributed by atoms with E-state index in [1.54, 1.807) is 37.3 Å².